The molecule has 0 fully saturated rings. The molecule has 2 aromatic carbocycles. The van der Waals surface area contributed by atoms with Gasteiger partial charge in [0.05, 0.1) is 22.6 Å². The van der Waals surface area contributed by atoms with Crippen LogP contribution in [0.4, 0.5) is 13.2 Å². The zero-order chi connectivity index (χ0) is 20.4. The number of aryl methyl sites for hydroxylation is 1. The first kappa shape index (κ1) is 19.3. The molecule has 0 aliphatic heterocycles. The van der Waals surface area contributed by atoms with Crippen LogP contribution in [-0.2, 0) is 4.74 Å². The van der Waals surface area contributed by atoms with Crippen LogP contribution in [0.1, 0.15) is 32.1 Å². The smallest absolute Gasteiger partial charge is 0.342 e. The standard InChI is InChI=1S/C20H15F3N2O3/c1-11-19(12(2)25(24-11)15-6-3-13(21)4-7-15)20(27)28-10-18(26)16-9-14(22)5-8-17(16)23/h3-9H,10H2,1-2H3. The summed E-state index contributed by atoms with van der Waals surface area (Å²) in [5.74, 6) is -3.78. The van der Waals surface area contributed by atoms with Gasteiger partial charge in [0.1, 0.15) is 23.0 Å². The molecule has 0 amide bonds. The molecule has 3 aromatic rings. The Labute approximate surface area is 158 Å². The largest absolute Gasteiger partial charge is 0.454 e. The van der Waals surface area contributed by atoms with Crippen molar-refractivity contribution in [3.63, 3.8) is 0 Å². The molecular weight excluding hydrogens is 373 g/mol. The number of hydrogen-bond acceptors (Lipinski definition) is 4. The van der Waals surface area contributed by atoms with Crippen molar-refractivity contribution in [2.75, 3.05) is 6.61 Å². The van der Waals surface area contributed by atoms with Crippen molar-refractivity contribution in [3.05, 3.63) is 82.4 Å². The molecule has 8 heteroatoms. The van der Waals surface area contributed by atoms with E-state index in [1.165, 1.54) is 28.9 Å². The van der Waals surface area contributed by atoms with E-state index in [2.05, 4.69) is 5.10 Å². The number of aromatic nitrogens is 2. The minimum Gasteiger partial charge on any atom is -0.454 e. The molecule has 0 atom stereocenters. The fourth-order valence-electron chi connectivity index (χ4n) is 2.76. The van der Waals surface area contributed by atoms with E-state index in [1.807, 2.05) is 0 Å². The minimum atomic E-state index is -0.904. The molecule has 28 heavy (non-hydrogen) atoms. The number of halogens is 3. The summed E-state index contributed by atoms with van der Waals surface area (Å²) in [6.07, 6.45) is 0. The Morgan fingerprint density at radius 2 is 1.64 bits per heavy atom. The number of esters is 1. The summed E-state index contributed by atoms with van der Waals surface area (Å²) in [5, 5.41) is 4.24. The Kier molecular flexibility index (Phi) is 5.30. The predicted molar refractivity (Wildman–Crippen MR) is 94.0 cm³/mol. The van der Waals surface area contributed by atoms with Crippen LogP contribution in [0.25, 0.3) is 5.69 Å². The van der Waals surface area contributed by atoms with Crippen LogP contribution in [0.2, 0.25) is 0 Å². The fourth-order valence-corrected chi connectivity index (χ4v) is 2.76. The first-order valence-electron chi connectivity index (χ1n) is 8.25. The highest BCUT2D eigenvalue weighted by Crippen LogP contribution is 2.19. The summed E-state index contributed by atoms with van der Waals surface area (Å²) in [5.41, 5.74) is 0.953. The number of hydrogen-bond donors (Lipinski definition) is 0. The maximum atomic E-state index is 13.6. The van der Waals surface area contributed by atoms with Crippen molar-refractivity contribution in [1.29, 1.82) is 0 Å². The molecule has 0 aliphatic rings. The van der Waals surface area contributed by atoms with E-state index in [9.17, 15) is 22.8 Å². The van der Waals surface area contributed by atoms with E-state index in [0.29, 0.717) is 17.1 Å². The Balaban J connectivity index is 1.79. The molecule has 0 unspecified atom stereocenters. The van der Waals surface area contributed by atoms with Gasteiger partial charge in [0, 0.05) is 0 Å². The lowest BCUT2D eigenvalue weighted by Gasteiger charge is -2.07. The van der Waals surface area contributed by atoms with Crippen LogP contribution in [0.5, 0.6) is 0 Å². The van der Waals surface area contributed by atoms with Gasteiger partial charge in [-0.1, -0.05) is 0 Å². The number of ether oxygens (including phenoxy) is 1. The van der Waals surface area contributed by atoms with E-state index in [0.717, 1.165) is 18.2 Å². The van der Waals surface area contributed by atoms with Crippen LogP contribution in [-0.4, -0.2) is 28.1 Å². The number of rotatable bonds is 5. The van der Waals surface area contributed by atoms with E-state index in [-0.39, 0.29) is 5.56 Å². The van der Waals surface area contributed by atoms with Gasteiger partial charge in [-0.15, -0.1) is 0 Å². The highest BCUT2D eigenvalue weighted by molar-refractivity contribution is 6.00. The molecule has 5 nitrogen and oxygen atoms in total. The second-order valence-corrected chi connectivity index (χ2v) is 6.06. The quantitative estimate of drug-likeness (QED) is 0.491. The average molecular weight is 388 g/mol. The summed E-state index contributed by atoms with van der Waals surface area (Å²) < 4.78 is 46.4. The number of nitrogens with zero attached hydrogens (tertiary/aromatic N) is 2. The summed E-state index contributed by atoms with van der Waals surface area (Å²) in [4.78, 5) is 24.5. The third kappa shape index (κ3) is 3.80. The van der Waals surface area contributed by atoms with Crippen molar-refractivity contribution in [2.45, 2.75) is 13.8 Å². The Morgan fingerprint density at radius 1 is 1.00 bits per heavy atom. The number of carbonyl (C=O) groups excluding carboxylic acids is 2. The topological polar surface area (TPSA) is 61.2 Å². The lowest BCUT2D eigenvalue weighted by atomic mass is 10.1. The Bertz CT molecular complexity index is 1060. The summed E-state index contributed by atoms with van der Waals surface area (Å²) in [6, 6.07) is 7.97. The molecule has 0 saturated carbocycles. The van der Waals surface area contributed by atoms with Crippen LogP contribution in [0.15, 0.2) is 42.5 Å². The van der Waals surface area contributed by atoms with Gasteiger partial charge in [-0.2, -0.15) is 5.10 Å². The SMILES string of the molecule is Cc1nn(-c2ccc(F)cc2)c(C)c1C(=O)OCC(=O)c1cc(F)ccc1F. The van der Waals surface area contributed by atoms with Crippen LogP contribution >= 0.6 is 0 Å². The second-order valence-electron chi connectivity index (χ2n) is 6.06. The number of carbonyl (C=O) groups is 2. The van der Waals surface area contributed by atoms with Crippen molar-refractivity contribution in [3.8, 4) is 5.69 Å². The lowest BCUT2D eigenvalue weighted by Crippen LogP contribution is -2.16. The molecule has 0 radical (unpaired) electrons. The zero-order valence-corrected chi connectivity index (χ0v) is 15.0. The van der Waals surface area contributed by atoms with Gasteiger partial charge in [-0.25, -0.2) is 22.6 Å². The van der Waals surface area contributed by atoms with E-state index in [4.69, 9.17) is 4.74 Å². The van der Waals surface area contributed by atoms with Gasteiger partial charge in [0.15, 0.2) is 6.61 Å². The molecule has 0 spiro atoms. The van der Waals surface area contributed by atoms with Crippen molar-refractivity contribution < 1.29 is 27.5 Å². The van der Waals surface area contributed by atoms with Gasteiger partial charge in [0.25, 0.3) is 0 Å². The number of ketones is 1. The molecule has 0 bridgehead atoms. The average Bonchev–Trinajstić information content (AvgIpc) is 2.96. The highest BCUT2D eigenvalue weighted by Gasteiger charge is 2.22. The summed E-state index contributed by atoms with van der Waals surface area (Å²) in [6.45, 7) is 2.45. The molecule has 1 heterocycles. The van der Waals surface area contributed by atoms with E-state index < -0.39 is 41.4 Å². The Hall–Kier alpha value is -3.42. The third-order valence-electron chi connectivity index (χ3n) is 4.13. The monoisotopic (exact) mass is 388 g/mol. The van der Waals surface area contributed by atoms with Gasteiger partial charge < -0.3 is 4.74 Å². The molecule has 1 aromatic heterocycles. The van der Waals surface area contributed by atoms with E-state index >= 15 is 0 Å². The van der Waals surface area contributed by atoms with Gasteiger partial charge in [0.2, 0.25) is 5.78 Å². The van der Waals surface area contributed by atoms with Gasteiger partial charge in [-0.05, 0) is 56.3 Å². The van der Waals surface area contributed by atoms with Crippen molar-refractivity contribution in [2.24, 2.45) is 0 Å². The summed E-state index contributed by atoms with van der Waals surface area (Å²) >= 11 is 0. The molecule has 0 saturated heterocycles. The van der Waals surface area contributed by atoms with Gasteiger partial charge in [-0.3, -0.25) is 4.79 Å². The first-order chi connectivity index (χ1) is 13.3. The second kappa shape index (κ2) is 7.67. The van der Waals surface area contributed by atoms with Crippen LogP contribution < -0.4 is 0 Å². The minimum absolute atomic E-state index is 0.136. The van der Waals surface area contributed by atoms with Crippen LogP contribution in [0.3, 0.4) is 0 Å². The normalized spacial score (nSPS) is 10.8. The molecule has 144 valence electrons. The lowest BCUT2D eigenvalue weighted by molar-refractivity contribution is 0.0472. The number of benzene rings is 2. The first-order valence-corrected chi connectivity index (χ1v) is 8.25. The number of Topliss-reactive ketones (excluding diaryl/α,β-unsaturated/α-hetero) is 1. The van der Waals surface area contributed by atoms with Gasteiger partial charge >= 0.3 is 5.97 Å². The Morgan fingerprint density at radius 3 is 2.32 bits per heavy atom. The summed E-state index contributed by atoms with van der Waals surface area (Å²) in [7, 11) is 0. The fraction of sp³-hybridized carbons (Fsp3) is 0.150. The predicted octanol–water partition coefficient (Wildman–Crippen LogP) is 3.95. The molecular formula is C20H15F3N2O3. The molecule has 0 aliphatic carbocycles. The third-order valence-corrected chi connectivity index (χ3v) is 4.13. The van der Waals surface area contributed by atoms with Crippen molar-refractivity contribution >= 4 is 11.8 Å². The zero-order valence-electron chi connectivity index (χ0n) is 15.0. The van der Waals surface area contributed by atoms with E-state index in [1.54, 1.807) is 13.8 Å². The van der Waals surface area contributed by atoms with Crippen LogP contribution in [0, 0.1) is 31.3 Å². The highest BCUT2D eigenvalue weighted by atomic mass is 19.1. The van der Waals surface area contributed by atoms with Crippen molar-refractivity contribution in [1.82, 2.24) is 9.78 Å². The maximum absolute atomic E-state index is 13.6. The molecule has 3 rings (SSSR count). The molecule has 0 N–H and O–H groups in total. The maximum Gasteiger partial charge on any atom is 0.342 e.